The van der Waals surface area contributed by atoms with Crippen LogP contribution in [-0.4, -0.2) is 64.6 Å². The summed E-state index contributed by atoms with van der Waals surface area (Å²) in [5.74, 6) is -4.65. The van der Waals surface area contributed by atoms with Gasteiger partial charge in [0.1, 0.15) is 18.1 Å². The highest BCUT2D eigenvalue weighted by Gasteiger charge is 2.31. The number of amides is 4. The second kappa shape index (κ2) is 13.1. The molecular weight excluding hydrogens is 414 g/mol. The van der Waals surface area contributed by atoms with Crippen LogP contribution in [0.2, 0.25) is 0 Å². The fourth-order valence-electron chi connectivity index (χ4n) is 2.41. The predicted octanol–water partition coefficient (Wildman–Crippen LogP) is -1.64. The molecule has 172 valence electrons. The van der Waals surface area contributed by atoms with Gasteiger partial charge in [0, 0.05) is 5.75 Å². The van der Waals surface area contributed by atoms with Gasteiger partial charge in [-0.25, -0.2) is 4.79 Å². The van der Waals surface area contributed by atoms with Crippen LogP contribution in [0.3, 0.4) is 0 Å². The first-order valence-corrected chi connectivity index (χ1v) is 10.2. The Hall–Kier alpha value is -2.34. The van der Waals surface area contributed by atoms with Gasteiger partial charge in [-0.05, 0) is 18.3 Å². The number of hydrogen-bond donors (Lipinski definition) is 7. The molecule has 0 bridgehead atoms. The van der Waals surface area contributed by atoms with Crippen molar-refractivity contribution >= 4 is 42.2 Å². The van der Waals surface area contributed by atoms with Gasteiger partial charge in [-0.2, -0.15) is 12.6 Å². The maximum atomic E-state index is 12.5. The van der Waals surface area contributed by atoms with Crippen LogP contribution in [0.25, 0.3) is 0 Å². The van der Waals surface area contributed by atoms with Crippen molar-refractivity contribution in [2.75, 3.05) is 5.75 Å². The Kier molecular flexibility index (Phi) is 12.0. The molecular formula is C18H33N5O6S. The highest BCUT2D eigenvalue weighted by Crippen LogP contribution is 2.06. The molecule has 0 saturated carbocycles. The normalized spacial score (nSPS) is 15.1. The summed E-state index contributed by atoms with van der Waals surface area (Å²) in [5, 5.41) is 16.3. The zero-order valence-electron chi connectivity index (χ0n) is 17.7. The Morgan fingerprint density at radius 3 is 1.73 bits per heavy atom. The maximum Gasteiger partial charge on any atom is 0.326 e. The highest BCUT2D eigenvalue weighted by molar-refractivity contribution is 7.80. The van der Waals surface area contributed by atoms with Gasteiger partial charge < -0.3 is 32.5 Å². The number of rotatable bonds is 13. The Balaban J connectivity index is 5.31. The minimum absolute atomic E-state index is 0.0236. The average molecular weight is 448 g/mol. The van der Waals surface area contributed by atoms with Crippen LogP contribution in [0.15, 0.2) is 0 Å². The molecule has 0 spiro atoms. The van der Waals surface area contributed by atoms with Crippen molar-refractivity contribution in [1.29, 1.82) is 0 Å². The van der Waals surface area contributed by atoms with Crippen molar-refractivity contribution in [2.45, 2.75) is 64.7 Å². The number of carboxylic acid groups (broad SMARTS) is 1. The Morgan fingerprint density at radius 1 is 0.867 bits per heavy atom. The molecule has 0 heterocycles. The molecule has 0 rings (SSSR count). The summed E-state index contributed by atoms with van der Waals surface area (Å²) in [7, 11) is 0. The molecule has 4 unspecified atom stereocenters. The Morgan fingerprint density at radius 2 is 1.33 bits per heavy atom. The molecule has 0 saturated heterocycles. The molecule has 0 aromatic rings. The van der Waals surface area contributed by atoms with Crippen molar-refractivity contribution in [3.05, 3.63) is 0 Å². The van der Waals surface area contributed by atoms with E-state index in [2.05, 4.69) is 28.6 Å². The topological polar surface area (TPSA) is 194 Å². The molecule has 30 heavy (non-hydrogen) atoms. The largest absolute Gasteiger partial charge is 0.480 e. The zero-order valence-corrected chi connectivity index (χ0v) is 18.6. The van der Waals surface area contributed by atoms with Crippen LogP contribution >= 0.6 is 12.6 Å². The molecule has 0 aliphatic carbocycles. The summed E-state index contributed by atoms with van der Waals surface area (Å²) >= 11 is 4.03. The number of thiol groups is 1. The lowest BCUT2D eigenvalue weighted by Crippen LogP contribution is -2.58. The molecule has 0 aliphatic rings. The molecule has 0 aliphatic heterocycles. The van der Waals surface area contributed by atoms with Gasteiger partial charge in [0.2, 0.25) is 23.6 Å². The molecule has 11 nitrogen and oxygen atoms in total. The number of hydrogen-bond acceptors (Lipinski definition) is 7. The summed E-state index contributed by atoms with van der Waals surface area (Å²) in [4.78, 5) is 59.9. The Labute approximate surface area is 181 Å². The number of primary amides is 1. The molecule has 12 heteroatoms. The minimum Gasteiger partial charge on any atom is -0.480 e. The lowest BCUT2D eigenvalue weighted by Gasteiger charge is -2.25. The van der Waals surface area contributed by atoms with E-state index in [9.17, 15) is 29.1 Å². The monoisotopic (exact) mass is 447 g/mol. The van der Waals surface area contributed by atoms with E-state index in [1.807, 2.05) is 0 Å². The number of carbonyl (C=O) groups excluding carboxylic acids is 4. The molecule has 0 aromatic heterocycles. The summed E-state index contributed by atoms with van der Waals surface area (Å²) in [5.41, 5.74) is 10.9. The van der Waals surface area contributed by atoms with E-state index in [0.29, 0.717) is 0 Å². The van der Waals surface area contributed by atoms with E-state index < -0.39 is 60.2 Å². The van der Waals surface area contributed by atoms with E-state index in [1.54, 1.807) is 27.7 Å². The lowest BCUT2D eigenvalue weighted by atomic mass is 10.0. The second-order valence-electron chi connectivity index (χ2n) is 7.77. The smallest absolute Gasteiger partial charge is 0.326 e. The average Bonchev–Trinajstić information content (AvgIpc) is 2.62. The third kappa shape index (κ3) is 9.92. The summed E-state index contributed by atoms with van der Waals surface area (Å²) in [6.45, 7) is 7.05. The van der Waals surface area contributed by atoms with Crippen molar-refractivity contribution in [1.82, 2.24) is 16.0 Å². The van der Waals surface area contributed by atoms with E-state index in [0.717, 1.165) is 0 Å². The van der Waals surface area contributed by atoms with Gasteiger partial charge in [0.25, 0.3) is 0 Å². The van der Waals surface area contributed by atoms with Crippen LogP contribution in [0.4, 0.5) is 0 Å². The lowest BCUT2D eigenvalue weighted by molar-refractivity contribution is -0.143. The Bertz CT molecular complexity index is 643. The van der Waals surface area contributed by atoms with Crippen LogP contribution in [0, 0.1) is 11.8 Å². The first-order valence-electron chi connectivity index (χ1n) is 9.58. The van der Waals surface area contributed by atoms with Gasteiger partial charge >= 0.3 is 5.97 Å². The molecule has 0 radical (unpaired) electrons. The predicted molar refractivity (Wildman–Crippen MR) is 113 cm³/mol. The fourth-order valence-corrected chi connectivity index (χ4v) is 2.67. The summed E-state index contributed by atoms with van der Waals surface area (Å²) in [6, 6.07) is -4.59. The van der Waals surface area contributed by atoms with Gasteiger partial charge in [-0.3, -0.25) is 19.2 Å². The van der Waals surface area contributed by atoms with Crippen LogP contribution < -0.4 is 27.4 Å². The molecule has 4 atom stereocenters. The van der Waals surface area contributed by atoms with Gasteiger partial charge in [-0.15, -0.1) is 0 Å². The summed E-state index contributed by atoms with van der Waals surface area (Å²) < 4.78 is 0. The van der Waals surface area contributed by atoms with Crippen LogP contribution in [0.5, 0.6) is 0 Å². The number of aliphatic carboxylic acids is 1. The van der Waals surface area contributed by atoms with E-state index in [1.165, 1.54) is 0 Å². The first-order chi connectivity index (χ1) is 13.8. The molecule has 8 N–H and O–H groups in total. The zero-order chi connectivity index (χ0) is 23.6. The van der Waals surface area contributed by atoms with E-state index in [4.69, 9.17) is 11.5 Å². The first kappa shape index (κ1) is 27.7. The highest BCUT2D eigenvalue weighted by atomic mass is 32.1. The number of nitrogens with two attached hydrogens (primary N) is 2. The SMILES string of the molecule is CC(C)CC(NC(=O)C(CC(N)=O)NC(=O)C(CS)NC(=O)C(N)C(C)C)C(=O)O. The third-order valence-electron chi connectivity index (χ3n) is 4.20. The third-order valence-corrected chi connectivity index (χ3v) is 4.56. The maximum absolute atomic E-state index is 12.5. The number of carboxylic acids is 1. The van der Waals surface area contributed by atoms with Crippen molar-refractivity contribution < 1.29 is 29.1 Å². The quantitative estimate of drug-likeness (QED) is 0.164. The minimum atomic E-state index is -1.41. The van der Waals surface area contributed by atoms with Crippen molar-refractivity contribution in [2.24, 2.45) is 23.3 Å². The fraction of sp³-hybridized carbons (Fsp3) is 0.722. The van der Waals surface area contributed by atoms with Gasteiger partial charge in [0.05, 0.1) is 12.5 Å². The molecule has 0 fully saturated rings. The number of carbonyl (C=O) groups is 5. The van der Waals surface area contributed by atoms with Crippen molar-refractivity contribution in [3.63, 3.8) is 0 Å². The van der Waals surface area contributed by atoms with Gasteiger partial charge in [-0.1, -0.05) is 27.7 Å². The van der Waals surface area contributed by atoms with Crippen LogP contribution in [0.1, 0.15) is 40.5 Å². The number of nitrogens with one attached hydrogen (secondary N) is 3. The van der Waals surface area contributed by atoms with Crippen molar-refractivity contribution in [3.8, 4) is 0 Å². The van der Waals surface area contributed by atoms with E-state index >= 15 is 0 Å². The molecule has 0 aromatic carbocycles. The summed E-state index contributed by atoms with van der Waals surface area (Å²) in [6.07, 6.45) is -0.398. The standard InChI is InChI=1S/C18H33N5O6S/c1-8(2)5-11(18(28)29)22-15(25)10(6-13(19)24)21-16(26)12(7-30)23-17(27)14(20)9(3)4/h8-12,14,30H,5-7,20H2,1-4H3,(H2,19,24)(H,21,26)(H,22,25)(H,23,27)(H,28,29). The van der Waals surface area contributed by atoms with Gasteiger partial charge in [0.15, 0.2) is 0 Å². The van der Waals surface area contributed by atoms with E-state index in [-0.39, 0.29) is 24.0 Å². The molecule has 4 amide bonds. The second-order valence-corrected chi connectivity index (χ2v) is 8.14. The van der Waals surface area contributed by atoms with Crippen LogP contribution in [-0.2, 0) is 24.0 Å².